The zero-order chi connectivity index (χ0) is 10.9. The molecule has 1 saturated carbocycles. The van der Waals surface area contributed by atoms with Crippen molar-refractivity contribution in [3.8, 4) is 0 Å². The number of aromatic nitrogens is 3. The summed E-state index contributed by atoms with van der Waals surface area (Å²) in [4.78, 5) is 0. The third-order valence-corrected chi connectivity index (χ3v) is 3.57. The largest absolute Gasteiger partial charge is 0.320 e. The SMILES string of the molecule is Cn1cnnc1CNC1CCCC1(C)C. The first-order valence-electron chi connectivity index (χ1n) is 5.66. The van der Waals surface area contributed by atoms with Crippen molar-refractivity contribution in [1.82, 2.24) is 20.1 Å². The molecule has 4 nitrogen and oxygen atoms in total. The standard InChI is InChI=1S/C11H20N4/c1-11(2)6-4-5-9(11)12-7-10-14-13-8-15(10)3/h8-9,12H,4-7H2,1-3H3. The molecule has 0 saturated heterocycles. The van der Waals surface area contributed by atoms with E-state index < -0.39 is 0 Å². The third kappa shape index (κ3) is 2.20. The highest BCUT2D eigenvalue weighted by Crippen LogP contribution is 2.37. The first-order valence-corrected chi connectivity index (χ1v) is 5.66. The second kappa shape index (κ2) is 3.93. The smallest absolute Gasteiger partial charge is 0.146 e. The minimum atomic E-state index is 0.429. The number of hydrogen-bond donors (Lipinski definition) is 1. The van der Waals surface area contributed by atoms with Crippen LogP contribution < -0.4 is 5.32 Å². The van der Waals surface area contributed by atoms with Crippen LogP contribution in [0.4, 0.5) is 0 Å². The molecule has 1 N–H and O–H groups in total. The van der Waals surface area contributed by atoms with Gasteiger partial charge in [-0.05, 0) is 18.3 Å². The summed E-state index contributed by atoms with van der Waals surface area (Å²) in [5.74, 6) is 1.01. The van der Waals surface area contributed by atoms with Crippen molar-refractivity contribution in [2.24, 2.45) is 12.5 Å². The van der Waals surface area contributed by atoms with E-state index in [0.29, 0.717) is 11.5 Å². The molecule has 1 aliphatic carbocycles. The number of nitrogens with zero attached hydrogens (tertiary/aromatic N) is 3. The van der Waals surface area contributed by atoms with Gasteiger partial charge in [0.25, 0.3) is 0 Å². The maximum atomic E-state index is 4.07. The summed E-state index contributed by atoms with van der Waals surface area (Å²) in [6, 6.07) is 0.620. The zero-order valence-electron chi connectivity index (χ0n) is 9.82. The molecule has 0 aromatic carbocycles. The van der Waals surface area contributed by atoms with Gasteiger partial charge >= 0.3 is 0 Å². The minimum absolute atomic E-state index is 0.429. The maximum Gasteiger partial charge on any atom is 0.146 e. The molecule has 15 heavy (non-hydrogen) atoms. The van der Waals surface area contributed by atoms with Crippen molar-refractivity contribution in [3.63, 3.8) is 0 Å². The van der Waals surface area contributed by atoms with Gasteiger partial charge in [0.15, 0.2) is 0 Å². The topological polar surface area (TPSA) is 42.7 Å². The van der Waals surface area contributed by atoms with Crippen LogP contribution in [-0.4, -0.2) is 20.8 Å². The van der Waals surface area contributed by atoms with Crippen molar-refractivity contribution in [2.45, 2.75) is 45.7 Å². The molecule has 1 unspecified atom stereocenters. The summed E-state index contributed by atoms with van der Waals surface area (Å²) < 4.78 is 1.97. The van der Waals surface area contributed by atoms with E-state index in [1.807, 2.05) is 11.6 Å². The highest BCUT2D eigenvalue weighted by Gasteiger charge is 2.33. The Kier molecular flexibility index (Phi) is 2.78. The van der Waals surface area contributed by atoms with Gasteiger partial charge in [-0.2, -0.15) is 0 Å². The molecule has 1 aromatic rings. The lowest BCUT2D eigenvalue weighted by atomic mass is 9.87. The monoisotopic (exact) mass is 208 g/mol. The summed E-state index contributed by atoms with van der Waals surface area (Å²) in [5, 5.41) is 11.5. The first kappa shape index (κ1) is 10.6. The molecule has 0 spiro atoms. The molecular formula is C11H20N4. The summed E-state index contributed by atoms with van der Waals surface area (Å²) in [5.41, 5.74) is 0.429. The second-order valence-corrected chi connectivity index (χ2v) is 5.17. The molecule has 0 amide bonds. The molecule has 1 aliphatic rings. The summed E-state index contributed by atoms with van der Waals surface area (Å²) in [7, 11) is 1.98. The highest BCUT2D eigenvalue weighted by molar-refractivity contribution is 4.92. The van der Waals surface area contributed by atoms with Crippen molar-refractivity contribution in [2.75, 3.05) is 0 Å². The molecule has 1 heterocycles. The Labute approximate surface area is 91.1 Å². The molecule has 0 radical (unpaired) electrons. The summed E-state index contributed by atoms with van der Waals surface area (Å²) in [6.07, 6.45) is 5.69. The predicted octanol–water partition coefficient (Wildman–Crippen LogP) is 1.48. The van der Waals surface area contributed by atoms with Gasteiger partial charge in [-0.15, -0.1) is 10.2 Å². The quantitative estimate of drug-likeness (QED) is 0.818. The molecule has 0 bridgehead atoms. The minimum Gasteiger partial charge on any atom is -0.320 e. The molecule has 1 aromatic heterocycles. The molecular weight excluding hydrogens is 188 g/mol. The third-order valence-electron chi connectivity index (χ3n) is 3.57. The van der Waals surface area contributed by atoms with Gasteiger partial charge in [0, 0.05) is 13.1 Å². The lowest BCUT2D eigenvalue weighted by molar-refractivity contribution is 0.280. The number of hydrogen-bond acceptors (Lipinski definition) is 3. The van der Waals surface area contributed by atoms with Crippen molar-refractivity contribution >= 4 is 0 Å². The van der Waals surface area contributed by atoms with E-state index in [9.17, 15) is 0 Å². The maximum absolute atomic E-state index is 4.07. The average Bonchev–Trinajstić information content (AvgIpc) is 2.69. The Bertz CT molecular complexity index is 329. The van der Waals surface area contributed by atoms with Crippen molar-refractivity contribution in [3.05, 3.63) is 12.2 Å². The molecule has 0 aliphatic heterocycles. The van der Waals surface area contributed by atoms with Gasteiger partial charge in [0.1, 0.15) is 12.2 Å². The molecule has 1 fully saturated rings. The van der Waals surface area contributed by atoms with Gasteiger partial charge in [-0.1, -0.05) is 20.3 Å². The Morgan fingerprint density at radius 2 is 2.40 bits per heavy atom. The van der Waals surface area contributed by atoms with Gasteiger partial charge in [-0.25, -0.2) is 0 Å². The van der Waals surface area contributed by atoms with E-state index in [4.69, 9.17) is 0 Å². The second-order valence-electron chi connectivity index (χ2n) is 5.17. The van der Waals surface area contributed by atoms with E-state index in [-0.39, 0.29) is 0 Å². The van der Waals surface area contributed by atoms with E-state index in [1.165, 1.54) is 19.3 Å². The zero-order valence-corrected chi connectivity index (χ0v) is 9.82. The molecule has 84 valence electrons. The number of aryl methyl sites for hydroxylation is 1. The van der Waals surface area contributed by atoms with Gasteiger partial charge in [-0.3, -0.25) is 0 Å². The van der Waals surface area contributed by atoms with Crippen LogP contribution in [0.5, 0.6) is 0 Å². The van der Waals surface area contributed by atoms with Crippen LogP contribution >= 0.6 is 0 Å². The first-order chi connectivity index (χ1) is 7.09. The van der Waals surface area contributed by atoms with Gasteiger partial charge in [0.2, 0.25) is 0 Å². The fourth-order valence-corrected chi connectivity index (χ4v) is 2.39. The lowest BCUT2D eigenvalue weighted by Crippen LogP contribution is -2.37. The van der Waals surface area contributed by atoms with E-state index in [2.05, 4.69) is 29.4 Å². The fourth-order valence-electron chi connectivity index (χ4n) is 2.39. The molecule has 2 rings (SSSR count). The van der Waals surface area contributed by atoms with Gasteiger partial charge in [0.05, 0.1) is 6.54 Å². The average molecular weight is 208 g/mol. The fraction of sp³-hybridized carbons (Fsp3) is 0.818. The Hall–Kier alpha value is -0.900. The van der Waals surface area contributed by atoms with E-state index in [0.717, 1.165) is 12.4 Å². The number of rotatable bonds is 3. The van der Waals surface area contributed by atoms with Crippen LogP contribution in [0.25, 0.3) is 0 Å². The van der Waals surface area contributed by atoms with Crippen LogP contribution in [0.2, 0.25) is 0 Å². The van der Waals surface area contributed by atoms with Crippen LogP contribution in [0.15, 0.2) is 6.33 Å². The van der Waals surface area contributed by atoms with Crippen molar-refractivity contribution in [1.29, 1.82) is 0 Å². The van der Waals surface area contributed by atoms with Crippen LogP contribution in [0, 0.1) is 5.41 Å². The highest BCUT2D eigenvalue weighted by atomic mass is 15.3. The van der Waals surface area contributed by atoms with Crippen LogP contribution in [-0.2, 0) is 13.6 Å². The lowest BCUT2D eigenvalue weighted by Gasteiger charge is -2.27. The molecule has 4 heteroatoms. The predicted molar refractivity (Wildman–Crippen MR) is 59.3 cm³/mol. The van der Waals surface area contributed by atoms with E-state index in [1.54, 1.807) is 6.33 Å². The van der Waals surface area contributed by atoms with Crippen molar-refractivity contribution < 1.29 is 0 Å². The Morgan fingerprint density at radius 3 is 2.93 bits per heavy atom. The number of nitrogens with one attached hydrogen (secondary N) is 1. The normalized spacial score (nSPS) is 24.6. The summed E-state index contributed by atoms with van der Waals surface area (Å²) >= 11 is 0. The van der Waals surface area contributed by atoms with E-state index >= 15 is 0 Å². The van der Waals surface area contributed by atoms with Crippen LogP contribution in [0.3, 0.4) is 0 Å². The Morgan fingerprint density at radius 1 is 1.60 bits per heavy atom. The molecule has 1 atom stereocenters. The van der Waals surface area contributed by atoms with Crippen LogP contribution in [0.1, 0.15) is 38.9 Å². The Balaban J connectivity index is 1.91. The van der Waals surface area contributed by atoms with Gasteiger partial charge < -0.3 is 9.88 Å². The summed E-state index contributed by atoms with van der Waals surface area (Å²) in [6.45, 7) is 5.51.